The van der Waals surface area contributed by atoms with Crippen molar-refractivity contribution in [2.24, 2.45) is 5.41 Å². The Kier molecular flexibility index (Phi) is 3.24. The van der Waals surface area contributed by atoms with E-state index in [4.69, 9.17) is 4.74 Å². The van der Waals surface area contributed by atoms with Gasteiger partial charge in [-0.15, -0.1) is 0 Å². The van der Waals surface area contributed by atoms with Gasteiger partial charge in [0.1, 0.15) is 11.4 Å². The first kappa shape index (κ1) is 14.4. The zero-order valence-corrected chi connectivity index (χ0v) is 12.9. The first-order valence-electron chi connectivity index (χ1n) is 7.56. The number of ether oxygens (including phenoxy) is 1. The molecule has 4 nitrogen and oxygen atoms in total. The van der Waals surface area contributed by atoms with Crippen molar-refractivity contribution in [3.05, 3.63) is 29.8 Å². The zero-order valence-electron chi connectivity index (χ0n) is 12.9. The van der Waals surface area contributed by atoms with Gasteiger partial charge in [0.15, 0.2) is 0 Å². The van der Waals surface area contributed by atoms with Crippen molar-refractivity contribution in [2.45, 2.75) is 45.3 Å². The Morgan fingerprint density at radius 2 is 2.05 bits per heavy atom. The van der Waals surface area contributed by atoms with Crippen LogP contribution < -0.4 is 4.74 Å². The van der Waals surface area contributed by atoms with E-state index in [0.29, 0.717) is 13.0 Å². The number of nitrogens with zero attached hydrogens (tertiary/aromatic N) is 1. The van der Waals surface area contributed by atoms with Crippen LogP contribution in [0.3, 0.4) is 0 Å². The molecule has 1 fully saturated rings. The third kappa shape index (κ3) is 2.53. The number of carboxylic acids is 1. The predicted molar refractivity (Wildman–Crippen MR) is 80.4 cm³/mol. The van der Waals surface area contributed by atoms with Gasteiger partial charge in [0.25, 0.3) is 0 Å². The maximum Gasteiger partial charge on any atom is 0.310 e. The van der Waals surface area contributed by atoms with Crippen LogP contribution in [0.1, 0.15) is 45.2 Å². The molecule has 2 aliphatic heterocycles. The number of likely N-dealkylation sites (tertiary alicyclic amines) is 1. The summed E-state index contributed by atoms with van der Waals surface area (Å²) in [6.07, 6.45) is 1.60. The second-order valence-corrected chi connectivity index (χ2v) is 7.21. The van der Waals surface area contributed by atoms with E-state index in [9.17, 15) is 9.90 Å². The van der Waals surface area contributed by atoms with Crippen molar-refractivity contribution >= 4 is 5.97 Å². The van der Waals surface area contributed by atoms with Crippen LogP contribution in [-0.2, 0) is 4.79 Å². The summed E-state index contributed by atoms with van der Waals surface area (Å²) >= 11 is 0. The van der Waals surface area contributed by atoms with Crippen molar-refractivity contribution in [1.29, 1.82) is 0 Å². The maximum atomic E-state index is 11.5. The molecule has 1 aromatic carbocycles. The van der Waals surface area contributed by atoms with Crippen LogP contribution in [-0.4, -0.2) is 34.7 Å². The molecule has 0 saturated carbocycles. The zero-order chi connectivity index (χ0) is 15.3. The molecule has 0 aliphatic carbocycles. The first-order valence-corrected chi connectivity index (χ1v) is 7.56. The summed E-state index contributed by atoms with van der Waals surface area (Å²) in [7, 11) is 0. The Hall–Kier alpha value is -1.55. The smallest absolute Gasteiger partial charge is 0.310 e. The normalized spacial score (nSPS) is 31.5. The molecule has 114 valence electrons. The minimum absolute atomic E-state index is 0.221. The molecule has 0 amide bonds. The highest BCUT2D eigenvalue weighted by molar-refractivity contribution is 5.74. The van der Waals surface area contributed by atoms with E-state index in [2.05, 4.69) is 24.8 Å². The first-order chi connectivity index (χ1) is 9.81. The van der Waals surface area contributed by atoms with Crippen LogP contribution in [0.15, 0.2) is 24.3 Å². The third-order valence-corrected chi connectivity index (χ3v) is 4.81. The molecule has 1 saturated heterocycles. The van der Waals surface area contributed by atoms with E-state index in [0.717, 1.165) is 18.7 Å². The second-order valence-electron chi connectivity index (χ2n) is 7.21. The van der Waals surface area contributed by atoms with Crippen LogP contribution in [0.2, 0.25) is 0 Å². The molecule has 4 heteroatoms. The van der Waals surface area contributed by atoms with E-state index in [1.807, 2.05) is 25.1 Å². The van der Waals surface area contributed by atoms with Crippen LogP contribution in [0.25, 0.3) is 0 Å². The minimum Gasteiger partial charge on any atom is -0.487 e. The second kappa shape index (κ2) is 4.73. The third-order valence-electron chi connectivity index (χ3n) is 4.81. The number of carbonyl (C=O) groups is 1. The van der Waals surface area contributed by atoms with Crippen molar-refractivity contribution < 1.29 is 14.6 Å². The lowest BCUT2D eigenvalue weighted by Crippen LogP contribution is -2.42. The highest BCUT2D eigenvalue weighted by Gasteiger charge is 2.45. The Balaban J connectivity index is 1.91. The quantitative estimate of drug-likeness (QED) is 0.909. The Morgan fingerprint density at radius 3 is 2.71 bits per heavy atom. The number of para-hydroxylation sites is 1. The summed E-state index contributed by atoms with van der Waals surface area (Å²) in [5, 5.41) is 9.44. The number of rotatable bonds is 2. The van der Waals surface area contributed by atoms with Gasteiger partial charge in [0.05, 0.1) is 5.41 Å². The van der Waals surface area contributed by atoms with Crippen LogP contribution in [0, 0.1) is 5.41 Å². The molecule has 3 rings (SSSR count). The monoisotopic (exact) mass is 289 g/mol. The molecule has 2 heterocycles. The summed E-state index contributed by atoms with van der Waals surface area (Å²) in [5.41, 5.74) is 0.338. The van der Waals surface area contributed by atoms with Crippen LogP contribution in [0.4, 0.5) is 0 Å². The standard InChI is InChI=1S/C17H23NO3/c1-16(2)10-13(12-6-4-5-7-14(12)21-16)18-9-8-17(3,11-18)15(19)20/h4-7,13H,8-11H2,1-3H3,(H,19,20). The van der Waals surface area contributed by atoms with Crippen molar-refractivity contribution in [3.63, 3.8) is 0 Å². The number of carboxylic acid groups (broad SMARTS) is 1. The lowest BCUT2D eigenvalue weighted by atomic mass is 9.87. The van der Waals surface area contributed by atoms with Crippen LogP contribution in [0.5, 0.6) is 5.75 Å². The molecule has 1 N–H and O–H groups in total. The van der Waals surface area contributed by atoms with Gasteiger partial charge in [0.2, 0.25) is 0 Å². The molecule has 2 aliphatic rings. The molecular weight excluding hydrogens is 266 g/mol. The molecule has 1 aromatic rings. The molecule has 0 radical (unpaired) electrons. The van der Waals surface area contributed by atoms with Gasteiger partial charge in [0, 0.05) is 24.6 Å². The van der Waals surface area contributed by atoms with Gasteiger partial charge in [-0.25, -0.2) is 0 Å². The van der Waals surface area contributed by atoms with Crippen molar-refractivity contribution in [3.8, 4) is 5.75 Å². The number of fused-ring (bicyclic) bond motifs is 1. The molecule has 21 heavy (non-hydrogen) atoms. The summed E-state index contributed by atoms with van der Waals surface area (Å²) < 4.78 is 6.07. The molecule has 2 atom stereocenters. The Morgan fingerprint density at radius 1 is 1.33 bits per heavy atom. The Bertz CT molecular complexity index is 569. The maximum absolute atomic E-state index is 11.5. The molecule has 0 spiro atoms. The topological polar surface area (TPSA) is 49.8 Å². The summed E-state index contributed by atoms with van der Waals surface area (Å²) in [6, 6.07) is 8.37. The van der Waals surface area contributed by atoms with E-state index in [-0.39, 0.29) is 11.6 Å². The predicted octanol–water partition coefficient (Wildman–Crippen LogP) is 3.09. The van der Waals surface area contributed by atoms with E-state index in [1.54, 1.807) is 0 Å². The fourth-order valence-corrected chi connectivity index (χ4v) is 3.53. The van der Waals surface area contributed by atoms with Crippen LogP contribution >= 0.6 is 0 Å². The van der Waals surface area contributed by atoms with Gasteiger partial charge >= 0.3 is 5.97 Å². The van der Waals surface area contributed by atoms with Gasteiger partial charge in [-0.05, 0) is 39.8 Å². The lowest BCUT2D eigenvalue weighted by molar-refractivity contribution is -0.147. The largest absolute Gasteiger partial charge is 0.487 e. The van der Waals surface area contributed by atoms with Gasteiger partial charge in [-0.2, -0.15) is 0 Å². The molecule has 0 aromatic heterocycles. The summed E-state index contributed by atoms with van der Waals surface area (Å²) in [4.78, 5) is 13.8. The van der Waals surface area contributed by atoms with Gasteiger partial charge in [-0.3, -0.25) is 9.69 Å². The Labute approximate surface area is 125 Å². The number of hydrogen-bond acceptors (Lipinski definition) is 3. The van der Waals surface area contributed by atoms with Crippen molar-refractivity contribution in [1.82, 2.24) is 4.90 Å². The minimum atomic E-state index is -0.690. The summed E-state index contributed by atoms with van der Waals surface area (Å²) in [5.74, 6) is 0.243. The van der Waals surface area contributed by atoms with Gasteiger partial charge in [-0.1, -0.05) is 18.2 Å². The molecule has 0 bridgehead atoms. The number of hydrogen-bond donors (Lipinski definition) is 1. The van der Waals surface area contributed by atoms with Gasteiger partial charge < -0.3 is 9.84 Å². The lowest BCUT2D eigenvalue weighted by Gasteiger charge is -2.41. The highest BCUT2D eigenvalue weighted by atomic mass is 16.5. The number of aliphatic carboxylic acids is 1. The van der Waals surface area contributed by atoms with E-state index >= 15 is 0 Å². The number of benzene rings is 1. The molecular formula is C17H23NO3. The van der Waals surface area contributed by atoms with E-state index < -0.39 is 11.4 Å². The van der Waals surface area contributed by atoms with E-state index in [1.165, 1.54) is 5.56 Å². The summed E-state index contributed by atoms with van der Waals surface area (Å²) in [6.45, 7) is 7.49. The fourth-order valence-electron chi connectivity index (χ4n) is 3.53. The average Bonchev–Trinajstić information content (AvgIpc) is 2.81. The van der Waals surface area contributed by atoms with Crippen molar-refractivity contribution in [2.75, 3.05) is 13.1 Å². The average molecular weight is 289 g/mol. The molecule has 2 unspecified atom stereocenters. The highest BCUT2D eigenvalue weighted by Crippen LogP contribution is 2.45. The fraction of sp³-hybridized carbons (Fsp3) is 0.588. The SMILES string of the molecule is CC1(C)CC(N2CCC(C)(C(=O)O)C2)c2ccccc2O1.